The number of nitrogens with zero attached hydrogens (tertiary/aromatic N) is 2. The lowest BCUT2D eigenvalue weighted by atomic mass is 9.65. The molecule has 33 heavy (non-hydrogen) atoms. The van der Waals surface area contributed by atoms with Crippen molar-refractivity contribution < 1.29 is 19.0 Å². The molecule has 8 nitrogen and oxygen atoms in total. The van der Waals surface area contributed by atoms with Gasteiger partial charge in [0.2, 0.25) is 0 Å². The molecule has 2 aliphatic rings. The first-order valence-corrected chi connectivity index (χ1v) is 11.2. The van der Waals surface area contributed by atoms with Crippen molar-refractivity contribution in [3.05, 3.63) is 48.0 Å². The lowest BCUT2D eigenvalue weighted by Crippen LogP contribution is -2.46. The fraction of sp³-hybridized carbons (Fsp3) is 0.440. The van der Waals surface area contributed by atoms with Crippen LogP contribution in [0.1, 0.15) is 31.2 Å². The maximum atomic E-state index is 12.3. The number of fused-ring (bicyclic) bond motifs is 1. The molecule has 2 amide bonds. The molecule has 1 aliphatic carbocycles. The normalized spacial score (nSPS) is 23.6. The van der Waals surface area contributed by atoms with E-state index in [4.69, 9.17) is 14.2 Å². The van der Waals surface area contributed by atoms with E-state index in [1.165, 1.54) is 5.56 Å². The van der Waals surface area contributed by atoms with Crippen LogP contribution in [0.3, 0.4) is 0 Å². The largest absolute Gasteiger partial charge is 0.497 e. The Morgan fingerprint density at radius 2 is 1.79 bits per heavy atom. The van der Waals surface area contributed by atoms with Crippen LogP contribution in [-0.4, -0.2) is 57.6 Å². The van der Waals surface area contributed by atoms with Crippen molar-refractivity contribution in [3.8, 4) is 17.2 Å². The summed E-state index contributed by atoms with van der Waals surface area (Å²) in [6, 6.07) is 13.4. The molecule has 0 unspecified atom stereocenters. The van der Waals surface area contributed by atoms with Gasteiger partial charge in [0.1, 0.15) is 5.75 Å². The molecular formula is C25H32N4O4. The van der Waals surface area contributed by atoms with Gasteiger partial charge in [0.15, 0.2) is 11.5 Å². The van der Waals surface area contributed by atoms with Crippen LogP contribution in [0.25, 0.3) is 0 Å². The van der Waals surface area contributed by atoms with Gasteiger partial charge in [-0.15, -0.1) is 0 Å². The van der Waals surface area contributed by atoms with Crippen molar-refractivity contribution in [2.24, 2.45) is 5.10 Å². The van der Waals surface area contributed by atoms with Crippen LogP contribution in [0, 0.1) is 0 Å². The third-order valence-electron chi connectivity index (χ3n) is 6.99. The Labute approximate surface area is 194 Å². The van der Waals surface area contributed by atoms with E-state index >= 15 is 0 Å². The third-order valence-corrected chi connectivity index (χ3v) is 6.99. The number of carbonyl (C=O) groups excluding carboxylic acids is 1. The summed E-state index contributed by atoms with van der Waals surface area (Å²) in [7, 11) is 7.10. The molecule has 1 aliphatic heterocycles. The van der Waals surface area contributed by atoms with Gasteiger partial charge in [-0.05, 0) is 74.8 Å². The Morgan fingerprint density at radius 1 is 1.03 bits per heavy atom. The number of hydrogen-bond acceptors (Lipinski definition) is 6. The highest BCUT2D eigenvalue weighted by molar-refractivity contribution is 5.92. The Bertz CT molecular complexity index is 1020. The van der Waals surface area contributed by atoms with Crippen molar-refractivity contribution in [1.82, 2.24) is 10.3 Å². The molecule has 2 aromatic rings. The summed E-state index contributed by atoms with van der Waals surface area (Å²) in [5, 5.41) is 7.25. The van der Waals surface area contributed by atoms with E-state index in [1.54, 1.807) is 45.6 Å². The number of urea groups is 1. The van der Waals surface area contributed by atoms with E-state index in [9.17, 15) is 4.79 Å². The molecular weight excluding hydrogens is 420 g/mol. The van der Waals surface area contributed by atoms with Crippen molar-refractivity contribution in [1.29, 1.82) is 0 Å². The molecule has 2 aromatic carbocycles. The van der Waals surface area contributed by atoms with Gasteiger partial charge in [0.05, 0.1) is 21.3 Å². The summed E-state index contributed by atoms with van der Waals surface area (Å²) in [5.74, 6) is 2.24. The minimum atomic E-state index is -0.357. The van der Waals surface area contributed by atoms with E-state index in [1.807, 2.05) is 6.07 Å². The maximum Gasteiger partial charge on any atom is 0.339 e. The number of carbonyl (C=O) groups is 1. The molecule has 2 N–H and O–H groups in total. The average molecular weight is 453 g/mol. The van der Waals surface area contributed by atoms with Crippen LogP contribution in [0.5, 0.6) is 17.2 Å². The predicted octanol–water partition coefficient (Wildman–Crippen LogP) is 4.02. The van der Waals surface area contributed by atoms with Crippen molar-refractivity contribution in [2.45, 2.75) is 37.1 Å². The predicted molar refractivity (Wildman–Crippen MR) is 129 cm³/mol. The molecule has 2 fully saturated rings. The Hall–Kier alpha value is -3.26. The van der Waals surface area contributed by atoms with Crippen LogP contribution in [0.2, 0.25) is 0 Å². The van der Waals surface area contributed by atoms with E-state index in [0.29, 0.717) is 11.7 Å². The van der Waals surface area contributed by atoms with Gasteiger partial charge in [-0.25, -0.2) is 10.2 Å². The number of hydrogen-bond donors (Lipinski definition) is 2. The molecule has 1 saturated carbocycles. The molecule has 8 heteroatoms. The first kappa shape index (κ1) is 22.9. The molecule has 0 bridgehead atoms. The fourth-order valence-corrected chi connectivity index (χ4v) is 5.15. The summed E-state index contributed by atoms with van der Waals surface area (Å²) >= 11 is 0. The standard InChI is InChI=1S/C25H32N4O4/c1-29-14-13-25(17-5-10-21(32-3)22(15-17)33-4)12-11-19(16-23(25)29)27-28-24(30)26-18-6-8-20(31-2)9-7-18/h5-10,15,23H,11-14,16H2,1-4H3,(H2,26,28,30)/t23-,25-/m0/s1. The van der Waals surface area contributed by atoms with Crippen molar-refractivity contribution in [3.63, 3.8) is 0 Å². The second kappa shape index (κ2) is 9.70. The molecule has 2 atom stereocenters. The lowest BCUT2D eigenvalue weighted by Gasteiger charge is -2.42. The molecule has 4 rings (SSSR count). The van der Waals surface area contributed by atoms with Gasteiger partial charge in [-0.3, -0.25) is 0 Å². The minimum absolute atomic E-state index is 0.0404. The first-order chi connectivity index (χ1) is 16.0. The fourth-order valence-electron chi connectivity index (χ4n) is 5.15. The number of amides is 2. The molecule has 0 spiro atoms. The Kier molecular flexibility index (Phi) is 6.74. The third kappa shape index (κ3) is 4.61. The minimum Gasteiger partial charge on any atom is -0.497 e. The summed E-state index contributed by atoms with van der Waals surface area (Å²) in [6.07, 6.45) is 3.70. The van der Waals surface area contributed by atoms with Crippen molar-refractivity contribution >= 4 is 17.4 Å². The molecule has 0 aromatic heterocycles. The quantitative estimate of drug-likeness (QED) is 0.647. The number of likely N-dealkylation sites (tertiary alicyclic amines) is 1. The van der Waals surface area contributed by atoms with E-state index < -0.39 is 0 Å². The number of methoxy groups -OCH3 is 3. The van der Waals surface area contributed by atoms with E-state index in [0.717, 1.165) is 55.2 Å². The second-order valence-electron chi connectivity index (χ2n) is 8.65. The molecule has 1 saturated heterocycles. The highest BCUT2D eigenvalue weighted by Gasteiger charge is 2.49. The smallest absolute Gasteiger partial charge is 0.339 e. The van der Waals surface area contributed by atoms with Gasteiger partial charge < -0.3 is 24.4 Å². The first-order valence-electron chi connectivity index (χ1n) is 11.2. The summed E-state index contributed by atoms with van der Waals surface area (Å²) in [4.78, 5) is 14.7. The average Bonchev–Trinajstić information content (AvgIpc) is 3.19. The number of anilines is 1. The molecule has 0 radical (unpaired) electrons. The summed E-state index contributed by atoms with van der Waals surface area (Å²) in [6.45, 7) is 1.03. The van der Waals surface area contributed by atoms with Crippen LogP contribution in [-0.2, 0) is 5.41 Å². The number of rotatable bonds is 6. The van der Waals surface area contributed by atoms with Crippen molar-refractivity contribution in [2.75, 3.05) is 40.2 Å². The molecule has 1 heterocycles. The van der Waals surface area contributed by atoms with E-state index in [2.05, 4.69) is 39.9 Å². The van der Waals surface area contributed by atoms with Gasteiger partial charge in [0.25, 0.3) is 0 Å². The Balaban J connectivity index is 1.45. The van der Waals surface area contributed by atoms with E-state index in [-0.39, 0.29) is 11.4 Å². The summed E-state index contributed by atoms with van der Waals surface area (Å²) in [5.41, 5.74) is 5.67. The number of benzene rings is 2. The van der Waals surface area contributed by atoms with Crippen LogP contribution >= 0.6 is 0 Å². The number of nitrogens with one attached hydrogen (secondary N) is 2. The SMILES string of the molecule is COc1ccc(NC(=O)NN=C2CC[C@@]3(c4ccc(OC)c(OC)c4)CCN(C)[C@H]3C2)cc1. The van der Waals surface area contributed by atoms with Crippen LogP contribution < -0.4 is 25.0 Å². The van der Waals surface area contributed by atoms with Crippen LogP contribution in [0.15, 0.2) is 47.6 Å². The zero-order chi connectivity index (χ0) is 23.4. The highest BCUT2D eigenvalue weighted by Crippen LogP contribution is 2.49. The lowest BCUT2D eigenvalue weighted by molar-refractivity contribution is 0.225. The molecule has 176 valence electrons. The zero-order valence-corrected chi connectivity index (χ0v) is 19.7. The Morgan fingerprint density at radius 3 is 2.48 bits per heavy atom. The zero-order valence-electron chi connectivity index (χ0n) is 19.7. The number of ether oxygens (including phenoxy) is 3. The van der Waals surface area contributed by atoms with Crippen LogP contribution in [0.4, 0.5) is 10.5 Å². The number of likely N-dealkylation sites (N-methyl/N-ethyl adjacent to an activating group) is 1. The highest BCUT2D eigenvalue weighted by atomic mass is 16.5. The number of hydrazone groups is 1. The van der Waals surface area contributed by atoms with Gasteiger partial charge in [-0.2, -0.15) is 5.10 Å². The maximum absolute atomic E-state index is 12.3. The topological polar surface area (TPSA) is 84.4 Å². The monoisotopic (exact) mass is 452 g/mol. The second-order valence-corrected chi connectivity index (χ2v) is 8.65. The van der Waals surface area contributed by atoms with Gasteiger partial charge in [-0.1, -0.05) is 6.07 Å². The van der Waals surface area contributed by atoms with Gasteiger partial charge >= 0.3 is 6.03 Å². The van der Waals surface area contributed by atoms with Gasteiger partial charge in [0, 0.05) is 29.3 Å². The summed E-state index contributed by atoms with van der Waals surface area (Å²) < 4.78 is 16.1.